The van der Waals surface area contributed by atoms with E-state index in [1.807, 2.05) is 103 Å². The lowest BCUT2D eigenvalue weighted by atomic mass is 9.90. The van der Waals surface area contributed by atoms with Gasteiger partial charge in [-0.25, -0.2) is 9.96 Å². The molecule has 6 rings (SSSR count). The first-order chi connectivity index (χ1) is 15.7. The number of imide groups is 1. The van der Waals surface area contributed by atoms with Crippen molar-refractivity contribution < 1.29 is 14.4 Å². The number of hydroxylamine groups is 1. The summed E-state index contributed by atoms with van der Waals surface area (Å²) in [6.07, 6.45) is -0.862. The lowest BCUT2D eigenvalue weighted by Gasteiger charge is -2.28. The van der Waals surface area contributed by atoms with Crippen molar-refractivity contribution in [2.24, 2.45) is 5.92 Å². The highest BCUT2D eigenvalue weighted by atomic mass is 16.7. The Morgan fingerprint density at radius 3 is 2.03 bits per heavy atom. The van der Waals surface area contributed by atoms with Crippen LogP contribution in [0.1, 0.15) is 11.6 Å². The Kier molecular flexibility index (Phi) is 4.30. The molecule has 0 saturated carbocycles. The zero-order valence-electron chi connectivity index (χ0n) is 17.2. The molecule has 4 aromatic carbocycles. The molecule has 156 valence electrons. The Morgan fingerprint density at radius 1 is 0.625 bits per heavy atom. The van der Waals surface area contributed by atoms with Crippen LogP contribution < -0.4 is 9.96 Å². The lowest BCUT2D eigenvalue weighted by Crippen LogP contribution is -2.37. The van der Waals surface area contributed by atoms with Crippen molar-refractivity contribution in [3.05, 3.63) is 109 Å². The topological polar surface area (TPSA) is 49.9 Å². The molecule has 5 nitrogen and oxygen atoms in total. The van der Waals surface area contributed by atoms with Crippen molar-refractivity contribution in [1.29, 1.82) is 0 Å². The van der Waals surface area contributed by atoms with Gasteiger partial charge in [-0.15, -0.1) is 0 Å². The van der Waals surface area contributed by atoms with Crippen LogP contribution in [0.4, 0.5) is 11.4 Å². The molecule has 0 unspecified atom stereocenters. The number of amides is 2. The number of hydrogen-bond acceptors (Lipinski definition) is 4. The molecule has 5 heteroatoms. The maximum Gasteiger partial charge on any atom is 0.266 e. The van der Waals surface area contributed by atoms with E-state index < -0.39 is 18.1 Å². The standard InChI is InChI=1S/C27H20N2O3/c30-26-23-24(19-10-3-1-4-11-19)29(21-13-5-2-6-14-21)32-25(23)27(31)28(26)22-16-15-18-9-7-8-12-20(18)17-22/h1-17,23-25H/t23-,24-,25-/m0/s1. The normalized spacial score (nSPS) is 22.6. The first-order valence-electron chi connectivity index (χ1n) is 10.6. The van der Waals surface area contributed by atoms with Crippen LogP contribution >= 0.6 is 0 Å². The van der Waals surface area contributed by atoms with E-state index >= 15 is 0 Å². The van der Waals surface area contributed by atoms with Crippen molar-refractivity contribution in [2.75, 3.05) is 9.96 Å². The van der Waals surface area contributed by atoms with E-state index in [-0.39, 0.29) is 11.8 Å². The highest BCUT2D eigenvalue weighted by Crippen LogP contribution is 2.47. The third kappa shape index (κ3) is 2.82. The quantitative estimate of drug-likeness (QED) is 0.443. The van der Waals surface area contributed by atoms with Crippen molar-refractivity contribution in [1.82, 2.24) is 0 Å². The summed E-state index contributed by atoms with van der Waals surface area (Å²) >= 11 is 0. The number of anilines is 2. The largest absolute Gasteiger partial charge is 0.273 e. The van der Waals surface area contributed by atoms with Crippen molar-refractivity contribution in [3.8, 4) is 0 Å². The Labute approximate surface area is 185 Å². The summed E-state index contributed by atoms with van der Waals surface area (Å²) < 4.78 is 0. The van der Waals surface area contributed by atoms with Crippen LogP contribution in [0.15, 0.2) is 103 Å². The van der Waals surface area contributed by atoms with E-state index in [2.05, 4.69) is 0 Å². The molecular formula is C27H20N2O3. The summed E-state index contributed by atoms with van der Waals surface area (Å²) in [6, 6.07) is 32.5. The average molecular weight is 420 g/mol. The zero-order chi connectivity index (χ0) is 21.7. The molecule has 0 aliphatic carbocycles. The van der Waals surface area contributed by atoms with Crippen LogP contribution in [0.3, 0.4) is 0 Å². The van der Waals surface area contributed by atoms with E-state index in [1.54, 1.807) is 5.06 Å². The molecule has 2 aliphatic rings. The molecule has 0 N–H and O–H groups in total. The Balaban J connectivity index is 1.43. The van der Waals surface area contributed by atoms with Crippen LogP contribution in [0, 0.1) is 5.92 Å². The van der Waals surface area contributed by atoms with Gasteiger partial charge in [-0.3, -0.25) is 14.4 Å². The van der Waals surface area contributed by atoms with Gasteiger partial charge >= 0.3 is 0 Å². The Morgan fingerprint density at radius 2 is 1.28 bits per heavy atom. The number of carbonyl (C=O) groups excluding carboxylic acids is 2. The zero-order valence-corrected chi connectivity index (χ0v) is 17.2. The number of benzene rings is 4. The first kappa shape index (κ1) is 18.8. The van der Waals surface area contributed by atoms with Gasteiger partial charge in [-0.05, 0) is 40.6 Å². The molecule has 2 aliphatic heterocycles. The average Bonchev–Trinajstić information content (AvgIpc) is 3.36. The van der Waals surface area contributed by atoms with Gasteiger partial charge in [-0.2, -0.15) is 0 Å². The maximum atomic E-state index is 13.7. The minimum Gasteiger partial charge on any atom is -0.273 e. The van der Waals surface area contributed by atoms with Crippen LogP contribution in [0.5, 0.6) is 0 Å². The minimum atomic E-state index is -0.862. The smallest absolute Gasteiger partial charge is 0.266 e. The van der Waals surface area contributed by atoms with Crippen LogP contribution in [0.2, 0.25) is 0 Å². The molecular weight excluding hydrogens is 400 g/mol. The fourth-order valence-electron chi connectivity index (χ4n) is 4.77. The summed E-state index contributed by atoms with van der Waals surface area (Å²) in [7, 11) is 0. The van der Waals surface area contributed by atoms with Gasteiger partial charge in [0.2, 0.25) is 5.91 Å². The number of rotatable bonds is 3. The van der Waals surface area contributed by atoms with Crippen LogP contribution in [0.25, 0.3) is 10.8 Å². The molecule has 0 bridgehead atoms. The van der Waals surface area contributed by atoms with Crippen molar-refractivity contribution in [3.63, 3.8) is 0 Å². The van der Waals surface area contributed by atoms with Gasteiger partial charge in [0, 0.05) is 0 Å². The number of fused-ring (bicyclic) bond motifs is 2. The van der Waals surface area contributed by atoms with Gasteiger partial charge in [-0.1, -0.05) is 78.9 Å². The van der Waals surface area contributed by atoms with E-state index in [0.717, 1.165) is 22.0 Å². The third-order valence-corrected chi connectivity index (χ3v) is 6.26. The van der Waals surface area contributed by atoms with Gasteiger partial charge in [0.1, 0.15) is 5.92 Å². The number of para-hydroxylation sites is 1. The second-order valence-corrected chi connectivity index (χ2v) is 8.11. The molecule has 2 saturated heterocycles. The van der Waals surface area contributed by atoms with E-state index in [9.17, 15) is 9.59 Å². The summed E-state index contributed by atoms with van der Waals surface area (Å²) in [5.74, 6) is -1.19. The first-order valence-corrected chi connectivity index (χ1v) is 10.6. The number of carbonyl (C=O) groups is 2. The predicted octanol–water partition coefficient (Wildman–Crippen LogP) is 4.89. The SMILES string of the molecule is O=C1[C@@H]2[C@H](ON(c3ccccc3)[C@H]2c2ccccc2)C(=O)N1c1ccc2ccccc2c1. The van der Waals surface area contributed by atoms with Gasteiger partial charge in [0.25, 0.3) is 5.91 Å². The predicted molar refractivity (Wildman–Crippen MR) is 123 cm³/mol. The highest BCUT2D eigenvalue weighted by Gasteiger charge is 2.60. The summed E-state index contributed by atoms with van der Waals surface area (Å²) in [5, 5.41) is 3.76. The number of hydrogen-bond donors (Lipinski definition) is 0. The summed E-state index contributed by atoms with van der Waals surface area (Å²) in [5.41, 5.74) is 2.33. The maximum absolute atomic E-state index is 13.7. The lowest BCUT2D eigenvalue weighted by molar-refractivity contribution is -0.126. The van der Waals surface area contributed by atoms with Crippen LogP contribution in [-0.4, -0.2) is 17.9 Å². The van der Waals surface area contributed by atoms with Crippen LogP contribution in [-0.2, 0) is 14.4 Å². The van der Waals surface area contributed by atoms with E-state index in [0.29, 0.717) is 5.69 Å². The van der Waals surface area contributed by atoms with Gasteiger partial charge < -0.3 is 0 Å². The van der Waals surface area contributed by atoms with Gasteiger partial charge in [0.05, 0.1) is 17.4 Å². The van der Waals surface area contributed by atoms with Crippen molar-refractivity contribution >= 4 is 34.0 Å². The van der Waals surface area contributed by atoms with Gasteiger partial charge in [0.15, 0.2) is 6.10 Å². The molecule has 0 spiro atoms. The van der Waals surface area contributed by atoms with E-state index in [1.165, 1.54) is 4.90 Å². The minimum absolute atomic E-state index is 0.234. The molecule has 4 aromatic rings. The molecule has 32 heavy (non-hydrogen) atoms. The number of nitrogens with zero attached hydrogens (tertiary/aromatic N) is 2. The molecule has 2 fully saturated rings. The fourth-order valence-corrected chi connectivity index (χ4v) is 4.77. The Bertz CT molecular complexity index is 1320. The summed E-state index contributed by atoms with van der Waals surface area (Å²) in [4.78, 5) is 34.6. The van der Waals surface area contributed by atoms with E-state index in [4.69, 9.17) is 4.84 Å². The second kappa shape index (κ2) is 7.32. The molecule has 3 atom stereocenters. The highest BCUT2D eigenvalue weighted by molar-refractivity contribution is 6.24. The molecule has 2 heterocycles. The third-order valence-electron chi connectivity index (χ3n) is 6.26. The molecule has 2 amide bonds. The Hall–Kier alpha value is -3.96. The summed E-state index contributed by atoms with van der Waals surface area (Å²) in [6.45, 7) is 0. The molecule has 0 aromatic heterocycles. The second-order valence-electron chi connectivity index (χ2n) is 8.11. The molecule has 0 radical (unpaired) electrons. The monoisotopic (exact) mass is 420 g/mol. The van der Waals surface area contributed by atoms with Crippen molar-refractivity contribution in [2.45, 2.75) is 12.1 Å². The fraction of sp³-hybridized carbons (Fsp3) is 0.111.